The van der Waals surface area contributed by atoms with E-state index in [0.29, 0.717) is 12.8 Å². The van der Waals surface area contributed by atoms with E-state index >= 15 is 0 Å². The van der Waals surface area contributed by atoms with Gasteiger partial charge in [0.25, 0.3) is 0 Å². The zero-order valence-corrected chi connectivity index (χ0v) is 8.24. The topological polar surface area (TPSA) is 12.9 Å². The van der Waals surface area contributed by atoms with Crippen molar-refractivity contribution < 1.29 is 17.6 Å². The van der Waals surface area contributed by atoms with Crippen LogP contribution in [0.1, 0.15) is 31.0 Å². The van der Waals surface area contributed by atoms with E-state index in [4.69, 9.17) is 0 Å². The van der Waals surface area contributed by atoms with E-state index in [-0.39, 0.29) is 5.56 Å². The Morgan fingerprint density at radius 2 is 2.00 bits per heavy atom. The number of nitrogens with zero attached hydrogens (tertiary/aromatic N) is 1. The van der Waals surface area contributed by atoms with E-state index in [0.717, 1.165) is 12.6 Å². The van der Waals surface area contributed by atoms with Gasteiger partial charge in [-0.05, 0) is 24.5 Å². The first-order valence-electron chi connectivity index (χ1n) is 4.67. The van der Waals surface area contributed by atoms with E-state index in [9.17, 15) is 17.6 Å². The summed E-state index contributed by atoms with van der Waals surface area (Å²) in [5, 5.41) is 0. The van der Waals surface area contributed by atoms with Crippen molar-refractivity contribution in [2.24, 2.45) is 0 Å². The number of hydrogen-bond acceptors (Lipinski definition) is 1. The molecule has 1 nitrogen and oxygen atoms in total. The molecule has 5 heteroatoms. The van der Waals surface area contributed by atoms with Gasteiger partial charge in [0, 0.05) is 6.20 Å². The fourth-order valence-corrected chi connectivity index (χ4v) is 1.24. The lowest BCUT2D eigenvalue weighted by Gasteiger charge is -2.09. The molecular weight excluding hydrogens is 210 g/mol. The van der Waals surface area contributed by atoms with Gasteiger partial charge >= 0.3 is 6.18 Å². The molecule has 0 aliphatic carbocycles. The Morgan fingerprint density at radius 3 is 2.53 bits per heavy atom. The van der Waals surface area contributed by atoms with Crippen molar-refractivity contribution in [3.63, 3.8) is 0 Å². The molecule has 1 aromatic rings. The highest BCUT2D eigenvalue weighted by molar-refractivity contribution is 5.21. The highest BCUT2D eigenvalue weighted by Gasteiger charge is 2.36. The van der Waals surface area contributed by atoms with Crippen LogP contribution >= 0.6 is 0 Å². The lowest BCUT2D eigenvalue weighted by atomic mass is 10.1. The molecule has 0 atom stereocenters. The zero-order valence-electron chi connectivity index (χ0n) is 8.24. The number of unbranched alkanes of at least 4 members (excludes halogenated alkanes) is 1. The number of hydrogen-bond donors (Lipinski definition) is 0. The molecule has 0 radical (unpaired) electrons. The average molecular weight is 221 g/mol. The van der Waals surface area contributed by atoms with E-state index in [1.165, 1.54) is 6.07 Å². The summed E-state index contributed by atoms with van der Waals surface area (Å²) in [6, 6.07) is 1.29. The first-order valence-corrected chi connectivity index (χ1v) is 4.67. The molecule has 1 heterocycles. The summed E-state index contributed by atoms with van der Waals surface area (Å²) in [7, 11) is 0. The van der Waals surface area contributed by atoms with Gasteiger partial charge in [0.05, 0.1) is 0 Å². The largest absolute Gasteiger partial charge is 0.436 e. The van der Waals surface area contributed by atoms with Gasteiger partial charge in [-0.25, -0.2) is 9.37 Å². The van der Waals surface area contributed by atoms with Gasteiger partial charge in [-0.15, -0.1) is 0 Å². The Balaban J connectivity index is 3.01. The van der Waals surface area contributed by atoms with Crippen LogP contribution in [-0.2, 0) is 12.6 Å². The smallest absolute Gasteiger partial charge is 0.249 e. The van der Waals surface area contributed by atoms with Gasteiger partial charge in [0.1, 0.15) is 0 Å². The van der Waals surface area contributed by atoms with Gasteiger partial charge in [0.15, 0.2) is 11.5 Å². The van der Waals surface area contributed by atoms with Crippen LogP contribution < -0.4 is 0 Å². The van der Waals surface area contributed by atoms with Crippen molar-refractivity contribution in [1.82, 2.24) is 4.98 Å². The molecule has 0 aromatic carbocycles. The second-order valence-electron chi connectivity index (χ2n) is 3.23. The molecule has 0 amide bonds. The minimum absolute atomic E-state index is 0.0826. The normalized spacial score (nSPS) is 11.8. The maximum atomic E-state index is 13.3. The number of aryl methyl sites for hydroxylation is 1. The van der Waals surface area contributed by atoms with Crippen LogP contribution in [0.4, 0.5) is 17.6 Å². The van der Waals surface area contributed by atoms with Crippen LogP contribution in [0.25, 0.3) is 0 Å². The number of pyridine rings is 1. The quantitative estimate of drug-likeness (QED) is 0.711. The van der Waals surface area contributed by atoms with Crippen molar-refractivity contribution in [3.8, 4) is 0 Å². The number of halogens is 4. The van der Waals surface area contributed by atoms with Gasteiger partial charge in [-0.3, -0.25) is 0 Å². The highest BCUT2D eigenvalue weighted by Crippen LogP contribution is 2.30. The Bertz CT molecular complexity index is 333. The third kappa shape index (κ3) is 2.91. The van der Waals surface area contributed by atoms with Crippen molar-refractivity contribution in [1.29, 1.82) is 0 Å². The maximum Gasteiger partial charge on any atom is 0.436 e. The molecule has 0 unspecified atom stereocenters. The second kappa shape index (κ2) is 4.59. The molecule has 0 bridgehead atoms. The molecule has 84 valence electrons. The Morgan fingerprint density at radius 1 is 1.33 bits per heavy atom. The number of alkyl halides is 3. The molecule has 0 N–H and O–H groups in total. The molecule has 0 saturated heterocycles. The predicted molar refractivity (Wildman–Crippen MR) is 47.8 cm³/mol. The molecule has 1 rings (SSSR count). The van der Waals surface area contributed by atoms with Crippen molar-refractivity contribution in [2.75, 3.05) is 0 Å². The maximum absolute atomic E-state index is 13.3. The Labute approximate surface area is 85.1 Å². The molecule has 0 saturated carbocycles. The summed E-state index contributed by atoms with van der Waals surface area (Å²) in [6.45, 7) is 1.89. The van der Waals surface area contributed by atoms with Gasteiger partial charge in [0.2, 0.25) is 0 Å². The molecule has 0 spiro atoms. The van der Waals surface area contributed by atoms with Crippen LogP contribution in [0.2, 0.25) is 0 Å². The van der Waals surface area contributed by atoms with E-state index in [2.05, 4.69) is 4.98 Å². The van der Waals surface area contributed by atoms with Crippen LogP contribution in [0.5, 0.6) is 0 Å². The van der Waals surface area contributed by atoms with Gasteiger partial charge in [-0.2, -0.15) is 13.2 Å². The summed E-state index contributed by atoms with van der Waals surface area (Å²) in [5.74, 6) is -1.24. The second-order valence-corrected chi connectivity index (χ2v) is 3.23. The average Bonchev–Trinajstić information content (AvgIpc) is 2.14. The monoisotopic (exact) mass is 221 g/mol. The van der Waals surface area contributed by atoms with Crippen molar-refractivity contribution >= 4 is 0 Å². The Kier molecular flexibility index (Phi) is 3.66. The third-order valence-corrected chi connectivity index (χ3v) is 2.04. The van der Waals surface area contributed by atoms with Crippen LogP contribution in [0.15, 0.2) is 12.3 Å². The van der Waals surface area contributed by atoms with E-state index in [1.807, 2.05) is 6.92 Å². The van der Waals surface area contributed by atoms with E-state index in [1.54, 1.807) is 0 Å². The van der Waals surface area contributed by atoms with Crippen LogP contribution in [0, 0.1) is 5.82 Å². The summed E-state index contributed by atoms with van der Waals surface area (Å²) >= 11 is 0. The van der Waals surface area contributed by atoms with Gasteiger partial charge in [-0.1, -0.05) is 13.3 Å². The molecule has 15 heavy (non-hydrogen) atoms. The Hall–Kier alpha value is -1.13. The zero-order chi connectivity index (χ0) is 11.5. The minimum Gasteiger partial charge on any atom is -0.249 e. The summed E-state index contributed by atoms with van der Waals surface area (Å²) in [6.07, 6.45) is -1.93. The fourth-order valence-electron chi connectivity index (χ4n) is 1.24. The first kappa shape index (κ1) is 11.9. The summed E-state index contributed by atoms with van der Waals surface area (Å²) in [5.41, 5.74) is -1.34. The van der Waals surface area contributed by atoms with Crippen LogP contribution in [0.3, 0.4) is 0 Å². The van der Waals surface area contributed by atoms with E-state index < -0.39 is 17.7 Å². The lowest BCUT2D eigenvalue weighted by Crippen LogP contribution is -2.12. The number of rotatable bonds is 3. The van der Waals surface area contributed by atoms with Crippen molar-refractivity contribution in [3.05, 3.63) is 29.3 Å². The predicted octanol–water partition coefficient (Wildman–Crippen LogP) is 3.58. The van der Waals surface area contributed by atoms with Gasteiger partial charge < -0.3 is 0 Å². The van der Waals surface area contributed by atoms with Crippen LogP contribution in [-0.4, -0.2) is 4.98 Å². The summed E-state index contributed by atoms with van der Waals surface area (Å²) in [4.78, 5) is 3.02. The number of aromatic nitrogens is 1. The summed E-state index contributed by atoms with van der Waals surface area (Å²) < 4.78 is 50.1. The standard InChI is InChI=1S/C10H11F4N/c1-2-3-4-7-5-6-15-9(8(7)11)10(12,13)14/h5-6H,2-4H2,1H3. The molecule has 0 aliphatic rings. The molecule has 1 aromatic heterocycles. The molecular formula is C10H11F4N. The molecule has 0 aliphatic heterocycles. The SMILES string of the molecule is CCCCc1ccnc(C(F)(F)F)c1F. The minimum atomic E-state index is -4.72. The molecule has 0 fully saturated rings. The lowest BCUT2D eigenvalue weighted by molar-refractivity contribution is -0.143. The fraction of sp³-hybridized carbons (Fsp3) is 0.500. The van der Waals surface area contributed by atoms with Crippen molar-refractivity contribution in [2.45, 2.75) is 32.4 Å². The highest BCUT2D eigenvalue weighted by atomic mass is 19.4. The third-order valence-electron chi connectivity index (χ3n) is 2.04. The first-order chi connectivity index (χ1) is 6.96.